The molecule has 0 bridgehead atoms. The fourth-order valence-corrected chi connectivity index (χ4v) is 9.08. The second-order valence-electron chi connectivity index (χ2n) is 15.2. The first-order chi connectivity index (χ1) is 28.8. The van der Waals surface area contributed by atoms with Gasteiger partial charge in [0.25, 0.3) is 0 Å². The highest BCUT2D eigenvalue weighted by atomic mass is 15.1. The molecule has 0 saturated heterocycles. The molecular formula is C56H40N2. The second kappa shape index (κ2) is 14.3. The monoisotopic (exact) mass is 740 g/mol. The van der Waals surface area contributed by atoms with Gasteiger partial charge < -0.3 is 9.47 Å². The molecule has 1 aromatic heterocycles. The Labute approximate surface area is 339 Å². The molecule has 0 saturated carbocycles. The topological polar surface area (TPSA) is 8.17 Å². The number of aryl methyl sites for hydroxylation is 1. The lowest BCUT2D eigenvalue weighted by molar-refractivity contribution is 0.987. The molecule has 9 aromatic carbocycles. The standard InChI is InChI=1S/C56H40N2/c1-2-15-40(16-3-1)49-22-8-11-26-53(49)57(45-33-29-41(30-34-45)48-25-14-20-39-17-6-7-21-47(39)48)46-35-31-42(32-36-46)50-23-9-12-27-54(50)58-55-28-13-10-24-51(55)52-37-43-18-4-5-19-44(43)38-56(52)58/h1-4,6-18,20-38H,5,19H2. The van der Waals surface area contributed by atoms with Gasteiger partial charge in [0.15, 0.2) is 0 Å². The number of hydrogen-bond acceptors (Lipinski definition) is 1. The van der Waals surface area contributed by atoms with Crippen LogP contribution in [0.2, 0.25) is 0 Å². The molecule has 0 unspecified atom stereocenters. The van der Waals surface area contributed by atoms with Gasteiger partial charge in [-0.25, -0.2) is 0 Å². The van der Waals surface area contributed by atoms with E-state index < -0.39 is 0 Å². The smallest absolute Gasteiger partial charge is 0.0544 e. The van der Waals surface area contributed by atoms with E-state index in [4.69, 9.17) is 0 Å². The highest BCUT2D eigenvalue weighted by Gasteiger charge is 2.20. The van der Waals surface area contributed by atoms with Crippen LogP contribution in [-0.2, 0) is 6.42 Å². The molecule has 1 aliphatic carbocycles. The molecule has 2 heteroatoms. The Morgan fingerprint density at radius 3 is 1.83 bits per heavy atom. The van der Waals surface area contributed by atoms with Crippen molar-refractivity contribution in [3.63, 3.8) is 0 Å². The predicted molar refractivity (Wildman–Crippen MR) is 247 cm³/mol. The molecule has 0 aliphatic heterocycles. The molecule has 0 N–H and O–H groups in total. The van der Waals surface area contributed by atoms with Crippen LogP contribution in [0.4, 0.5) is 17.1 Å². The van der Waals surface area contributed by atoms with Gasteiger partial charge in [-0.1, -0.05) is 164 Å². The number of nitrogens with zero attached hydrogens (tertiary/aromatic N) is 2. The van der Waals surface area contributed by atoms with Gasteiger partial charge in [-0.2, -0.15) is 0 Å². The van der Waals surface area contributed by atoms with Crippen molar-refractivity contribution in [2.45, 2.75) is 12.8 Å². The van der Waals surface area contributed by atoms with E-state index in [0.717, 1.165) is 29.9 Å². The molecule has 2 nitrogen and oxygen atoms in total. The van der Waals surface area contributed by atoms with Crippen molar-refractivity contribution in [2.24, 2.45) is 0 Å². The third kappa shape index (κ3) is 5.81. The normalized spacial score (nSPS) is 12.3. The maximum Gasteiger partial charge on any atom is 0.0544 e. The number of fused-ring (bicyclic) bond motifs is 5. The lowest BCUT2D eigenvalue weighted by atomic mass is 9.95. The van der Waals surface area contributed by atoms with Crippen LogP contribution in [0.1, 0.15) is 17.5 Å². The van der Waals surface area contributed by atoms with E-state index in [0.29, 0.717) is 0 Å². The average molecular weight is 741 g/mol. The van der Waals surface area contributed by atoms with E-state index in [-0.39, 0.29) is 0 Å². The zero-order valence-electron chi connectivity index (χ0n) is 32.1. The molecule has 1 heterocycles. The van der Waals surface area contributed by atoms with E-state index in [1.807, 2.05) is 0 Å². The Morgan fingerprint density at radius 2 is 1.02 bits per heavy atom. The van der Waals surface area contributed by atoms with Crippen LogP contribution < -0.4 is 4.90 Å². The van der Waals surface area contributed by atoms with Crippen molar-refractivity contribution in [1.29, 1.82) is 0 Å². The molecule has 0 fully saturated rings. The fraction of sp³-hybridized carbons (Fsp3) is 0.0357. The Bertz CT molecular complexity index is 3150. The summed E-state index contributed by atoms with van der Waals surface area (Å²) in [7, 11) is 0. The number of allylic oxidation sites excluding steroid dienone is 1. The quantitative estimate of drug-likeness (QED) is 0.158. The van der Waals surface area contributed by atoms with Crippen molar-refractivity contribution in [3.05, 3.63) is 223 Å². The number of aromatic nitrogens is 1. The van der Waals surface area contributed by atoms with Crippen molar-refractivity contribution in [3.8, 4) is 39.1 Å². The summed E-state index contributed by atoms with van der Waals surface area (Å²) >= 11 is 0. The van der Waals surface area contributed by atoms with E-state index >= 15 is 0 Å². The number of rotatable bonds is 7. The minimum atomic E-state index is 1.07. The highest BCUT2D eigenvalue weighted by molar-refractivity contribution is 6.11. The van der Waals surface area contributed by atoms with Gasteiger partial charge in [0.1, 0.15) is 0 Å². The molecule has 0 amide bonds. The molecular weight excluding hydrogens is 701 g/mol. The first kappa shape index (κ1) is 33.9. The van der Waals surface area contributed by atoms with Gasteiger partial charge in [0.2, 0.25) is 0 Å². The summed E-state index contributed by atoms with van der Waals surface area (Å²) in [6.07, 6.45) is 6.75. The largest absolute Gasteiger partial charge is 0.310 e. The summed E-state index contributed by atoms with van der Waals surface area (Å²) in [5.41, 5.74) is 16.9. The van der Waals surface area contributed by atoms with E-state index in [1.54, 1.807) is 0 Å². The number of anilines is 3. The molecule has 10 aromatic rings. The van der Waals surface area contributed by atoms with E-state index in [9.17, 15) is 0 Å². The highest BCUT2D eigenvalue weighted by Crippen LogP contribution is 2.43. The van der Waals surface area contributed by atoms with Gasteiger partial charge in [0, 0.05) is 33.3 Å². The summed E-state index contributed by atoms with van der Waals surface area (Å²) in [6, 6.07) is 75.4. The summed E-state index contributed by atoms with van der Waals surface area (Å²) in [5.74, 6) is 0. The molecule has 58 heavy (non-hydrogen) atoms. The number of hydrogen-bond donors (Lipinski definition) is 0. The Morgan fingerprint density at radius 1 is 0.414 bits per heavy atom. The lowest BCUT2D eigenvalue weighted by Gasteiger charge is -2.28. The molecule has 1 aliphatic rings. The summed E-state index contributed by atoms with van der Waals surface area (Å²) in [6.45, 7) is 0. The van der Waals surface area contributed by atoms with Crippen LogP contribution >= 0.6 is 0 Å². The van der Waals surface area contributed by atoms with Crippen LogP contribution in [0.15, 0.2) is 212 Å². The zero-order chi connectivity index (χ0) is 38.4. The minimum absolute atomic E-state index is 1.07. The molecule has 0 radical (unpaired) electrons. The van der Waals surface area contributed by atoms with Crippen LogP contribution in [0.25, 0.3) is 77.7 Å². The van der Waals surface area contributed by atoms with Crippen LogP contribution in [0.5, 0.6) is 0 Å². The van der Waals surface area contributed by atoms with E-state index in [2.05, 4.69) is 228 Å². The fourth-order valence-electron chi connectivity index (χ4n) is 9.08. The van der Waals surface area contributed by atoms with Gasteiger partial charge >= 0.3 is 0 Å². The third-order valence-corrected chi connectivity index (χ3v) is 11.8. The van der Waals surface area contributed by atoms with Crippen molar-refractivity contribution >= 4 is 55.7 Å². The Hall–Kier alpha value is -7.42. The predicted octanol–water partition coefficient (Wildman–Crippen LogP) is 15.4. The Balaban J connectivity index is 1.04. The SMILES string of the molecule is C1=Cc2cc3c4ccccc4n(-c4ccccc4-c4ccc(N(c5ccc(-c6cccc7ccccc67)cc5)c5ccccc5-c5ccccc5)cc4)c3cc2CC1. The minimum Gasteiger partial charge on any atom is -0.310 e. The summed E-state index contributed by atoms with van der Waals surface area (Å²) in [4.78, 5) is 2.40. The van der Waals surface area contributed by atoms with Gasteiger partial charge in [-0.05, 0) is 112 Å². The molecule has 274 valence electrons. The maximum absolute atomic E-state index is 2.48. The van der Waals surface area contributed by atoms with Gasteiger partial charge in [0.05, 0.1) is 22.4 Å². The maximum atomic E-state index is 2.48. The van der Waals surface area contributed by atoms with Crippen molar-refractivity contribution < 1.29 is 0 Å². The van der Waals surface area contributed by atoms with Crippen LogP contribution in [0.3, 0.4) is 0 Å². The summed E-state index contributed by atoms with van der Waals surface area (Å²) in [5, 5.41) is 5.09. The van der Waals surface area contributed by atoms with Crippen molar-refractivity contribution in [2.75, 3.05) is 4.90 Å². The first-order valence-electron chi connectivity index (χ1n) is 20.2. The zero-order valence-corrected chi connectivity index (χ0v) is 32.1. The van der Waals surface area contributed by atoms with E-state index in [1.165, 1.54) is 82.8 Å². The second-order valence-corrected chi connectivity index (χ2v) is 15.2. The van der Waals surface area contributed by atoms with Gasteiger partial charge in [-0.15, -0.1) is 0 Å². The van der Waals surface area contributed by atoms with Crippen molar-refractivity contribution in [1.82, 2.24) is 4.57 Å². The number of benzene rings is 9. The third-order valence-electron chi connectivity index (χ3n) is 11.8. The molecule has 0 spiro atoms. The lowest BCUT2D eigenvalue weighted by Crippen LogP contribution is -2.11. The number of para-hydroxylation sites is 3. The van der Waals surface area contributed by atoms with Crippen LogP contribution in [0, 0.1) is 0 Å². The van der Waals surface area contributed by atoms with Crippen LogP contribution in [-0.4, -0.2) is 4.57 Å². The van der Waals surface area contributed by atoms with Gasteiger partial charge in [-0.3, -0.25) is 0 Å². The average Bonchev–Trinajstić information content (AvgIpc) is 3.62. The first-order valence-corrected chi connectivity index (χ1v) is 20.2. The Kier molecular flexibility index (Phi) is 8.33. The molecule has 11 rings (SSSR count). The molecule has 0 atom stereocenters. The summed E-state index contributed by atoms with van der Waals surface area (Å²) < 4.78 is 2.48.